The number of carbonyl (C=O) groups excluding carboxylic acids is 2. The number of ketones is 1. The molecular formula is C20H21FN8O4S. The van der Waals surface area contributed by atoms with E-state index in [-0.39, 0.29) is 17.5 Å². The molecule has 0 radical (unpaired) electrons. The first-order chi connectivity index (χ1) is 16.2. The molecule has 0 bridgehead atoms. The summed E-state index contributed by atoms with van der Waals surface area (Å²) < 4.78 is 19.9. The van der Waals surface area contributed by atoms with Crippen LogP contribution in [0.25, 0.3) is 0 Å². The lowest BCUT2D eigenvalue weighted by molar-refractivity contribution is -0.135. The fourth-order valence-corrected chi connectivity index (χ4v) is 5.07. The Hall–Kier alpha value is -3.81. The van der Waals surface area contributed by atoms with Gasteiger partial charge in [-0.25, -0.2) is 14.2 Å². The molecule has 1 saturated heterocycles. The van der Waals surface area contributed by atoms with Crippen LogP contribution in [-0.2, 0) is 14.4 Å². The summed E-state index contributed by atoms with van der Waals surface area (Å²) in [7, 11) is 1.67. The van der Waals surface area contributed by atoms with Crippen LogP contribution < -0.4 is 10.0 Å². The number of amides is 1. The smallest absolute Gasteiger partial charge is 0.341 e. The first-order valence-corrected chi connectivity index (χ1v) is 11.2. The summed E-state index contributed by atoms with van der Waals surface area (Å²) in [5, 5.41) is 16.4. The fourth-order valence-electron chi connectivity index (χ4n) is 4.41. The largest absolute Gasteiger partial charge is 0.477 e. The molecule has 0 spiro atoms. The Labute approximate surface area is 197 Å². The number of hydrogen-bond donors (Lipinski definition) is 3. The second-order valence-electron chi connectivity index (χ2n) is 8.17. The molecule has 4 aliphatic heterocycles. The van der Waals surface area contributed by atoms with Gasteiger partial charge in [0.1, 0.15) is 17.6 Å². The molecule has 0 aliphatic carbocycles. The number of carboxylic acids is 1. The van der Waals surface area contributed by atoms with Gasteiger partial charge in [0.25, 0.3) is 0 Å². The zero-order chi connectivity index (χ0) is 24.1. The third-order valence-corrected chi connectivity index (χ3v) is 6.73. The van der Waals surface area contributed by atoms with E-state index >= 15 is 4.39 Å². The van der Waals surface area contributed by atoms with Gasteiger partial charge in [-0.1, -0.05) is 0 Å². The molecule has 14 heteroatoms. The number of nitrogens with one attached hydrogen (secondary N) is 2. The van der Waals surface area contributed by atoms with Crippen LogP contribution in [0.2, 0.25) is 0 Å². The zero-order valence-electron chi connectivity index (χ0n) is 18.2. The molecule has 1 aromatic rings. The van der Waals surface area contributed by atoms with Crippen molar-refractivity contribution in [2.45, 2.75) is 24.6 Å². The van der Waals surface area contributed by atoms with E-state index < -0.39 is 34.8 Å². The van der Waals surface area contributed by atoms with Crippen LogP contribution in [0.5, 0.6) is 0 Å². The van der Waals surface area contributed by atoms with E-state index in [1.54, 1.807) is 33.9 Å². The highest BCUT2D eigenvalue weighted by atomic mass is 32.2. The third kappa shape index (κ3) is 3.59. The highest BCUT2D eigenvalue weighted by molar-refractivity contribution is 7.98. The first kappa shape index (κ1) is 22.0. The van der Waals surface area contributed by atoms with Crippen LogP contribution in [0.1, 0.15) is 13.0 Å². The Balaban J connectivity index is 1.40. The van der Waals surface area contributed by atoms with Crippen LogP contribution in [0.3, 0.4) is 0 Å². The van der Waals surface area contributed by atoms with Gasteiger partial charge < -0.3 is 29.8 Å². The van der Waals surface area contributed by atoms with E-state index in [1.807, 2.05) is 4.90 Å². The number of aliphatic carboxylic acids is 1. The lowest BCUT2D eigenvalue weighted by Gasteiger charge is -2.51. The minimum absolute atomic E-state index is 0.0247. The number of Topliss-reactive ketones (excluding diaryl/α,β-unsaturated/α-hetero) is 1. The van der Waals surface area contributed by atoms with E-state index in [0.717, 1.165) is 6.08 Å². The van der Waals surface area contributed by atoms with Crippen LogP contribution in [-0.4, -0.2) is 85.4 Å². The molecule has 3 N–H and O–H groups in total. The monoisotopic (exact) mass is 488 g/mol. The van der Waals surface area contributed by atoms with E-state index in [0.29, 0.717) is 24.6 Å². The number of anilines is 1. The molecule has 2 atom stereocenters. The number of hydrogen-bond acceptors (Lipinski definition) is 10. The predicted octanol–water partition coefficient (Wildman–Crippen LogP) is 0.451. The number of likely N-dealkylation sites (N-methyl/N-ethyl adjacent to an activating group) is 1. The number of rotatable bonds is 5. The molecule has 5 heterocycles. The number of aliphatic imine (C=N–C) groups is 1. The molecule has 2 unspecified atom stereocenters. The molecule has 178 valence electrons. The molecule has 5 rings (SSSR count). The summed E-state index contributed by atoms with van der Waals surface area (Å²) in [5.74, 6) is -2.62. The third-order valence-electron chi connectivity index (χ3n) is 5.91. The molecular weight excluding hydrogens is 467 g/mol. The van der Waals surface area contributed by atoms with E-state index in [9.17, 15) is 19.5 Å². The summed E-state index contributed by atoms with van der Waals surface area (Å²) in [6.45, 7) is 2.34. The molecule has 1 aromatic heterocycles. The number of carboxylic acid groups (broad SMARTS) is 1. The number of nitrogens with zero attached hydrogens (tertiary/aromatic N) is 6. The van der Waals surface area contributed by atoms with Crippen molar-refractivity contribution in [1.29, 1.82) is 0 Å². The summed E-state index contributed by atoms with van der Waals surface area (Å²) in [6, 6.07) is -0.0247. The van der Waals surface area contributed by atoms with Crippen molar-refractivity contribution in [1.82, 2.24) is 29.2 Å². The summed E-state index contributed by atoms with van der Waals surface area (Å²) in [6.07, 6.45) is 6.44. The average molecular weight is 489 g/mol. The highest BCUT2D eigenvalue weighted by Crippen LogP contribution is 2.40. The maximum absolute atomic E-state index is 15.3. The molecule has 0 aromatic carbocycles. The van der Waals surface area contributed by atoms with Gasteiger partial charge in [0, 0.05) is 45.0 Å². The quantitative estimate of drug-likeness (QED) is 0.396. The van der Waals surface area contributed by atoms with Crippen LogP contribution in [0.4, 0.5) is 10.1 Å². The normalized spacial score (nSPS) is 24.4. The van der Waals surface area contributed by atoms with Crippen molar-refractivity contribution in [3.8, 4) is 0 Å². The minimum Gasteiger partial charge on any atom is -0.477 e. The van der Waals surface area contributed by atoms with E-state index in [2.05, 4.69) is 20.1 Å². The molecule has 1 fully saturated rings. The van der Waals surface area contributed by atoms with Gasteiger partial charge in [0.05, 0.1) is 24.3 Å². The Kier molecular flexibility index (Phi) is 5.31. The van der Waals surface area contributed by atoms with E-state index in [1.165, 1.54) is 31.4 Å². The molecule has 0 saturated carbocycles. The van der Waals surface area contributed by atoms with Crippen molar-refractivity contribution in [2.75, 3.05) is 25.5 Å². The standard InChI is InChI=1S/C20H21FN8O4S/c1-10(30)25-11-4-23-29(5-11)12-6-27(7-12)18-15(21)3-13-16(31)14(19(32)33)8-28(17(13)26(18)2)20-22-9-24-34-20/h3-5,8-9,12,17,20H,6-7H2,1-2H3,(H,22,24)(H,25,30)(H,32,33). The Morgan fingerprint density at radius 3 is 2.76 bits per heavy atom. The van der Waals surface area contributed by atoms with Crippen LogP contribution in [0.15, 0.2) is 52.5 Å². The van der Waals surface area contributed by atoms with Gasteiger partial charge in [0.2, 0.25) is 11.7 Å². The minimum atomic E-state index is -1.38. The van der Waals surface area contributed by atoms with Gasteiger partial charge in [-0.3, -0.25) is 14.3 Å². The Bertz CT molecular complexity index is 1200. The highest BCUT2D eigenvalue weighted by Gasteiger charge is 2.46. The Morgan fingerprint density at radius 2 is 2.12 bits per heavy atom. The number of aromatic nitrogens is 2. The van der Waals surface area contributed by atoms with Gasteiger partial charge >= 0.3 is 5.97 Å². The van der Waals surface area contributed by atoms with E-state index in [4.69, 9.17) is 0 Å². The zero-order valence-corrected chi connectivity index (χ0v) is 19.0. The van der Waals surface area contributed by atoms with Crippen molar-refractivity contribution in [2.24, 2.45) is 4.99 Å². The van der Waals surface area contributed by atoms with Crippen molar-refractivity contribution < 1.29 is 23.9 Å². The van der Waals surface area contributed by atoms with Crippen LogP contribution in [0, 0.1) is 0 Å². The predicted molar refractivity (Wildman–Crippen MR) is 120 cm³/mol. The number of allylic oxidation sites excluding steroid dienone is 2. The molecule has 34 heavy (non-hydrogen) atoms. The van der Waals surface area contributed by atoms with Crippen molar-refractivity contribution in [3.63, 3.8) is 0 Å². The van der Waals surface area contributed by atoms with Crippen LogP contribution >= 0.6 is 11.9 Å². The second-order valence-corrected chi connectivity index (χ2v) is 9.06. The molecule has 12 nitrogen and oxygen atoms in total. The lowest BCUT2D eigenvalue weighted by atomic mass is 9.93. The number of likely N-dealkylation sites (tertiary alicyclic amines) is 1. The van der Waals surface area contributed by atoms with Gasteiger partial charge in [-0.15, -0.1) is 0 Å². The maximum atomic E-state index is 15.3. The summed E-state index contributed by atoms with van der Waals surface area (Å²) >= 11 is 1.24. The molecule has 4 aliphatic rings. The first-order valence-electron chi connectivity index (χ1n) is 10.4. The van der Waals surface area contributed by atoms with Crippen molar-refractivity contribution in [3.05, 3.63) is 47.5 Å². The molecule has 1 amide bonds. The van der Waals surface area contributed by atoms with Gasteiger partial charge in [-0.05, 0) is 18.0 Å². The lowest BCUT2D eigenvalue weighted by Crippen LogP contribution is -2.58. The number of carbonyl (C=O) groups is 3. The Morgan fingerprint density at radius 1 is 1.35 bits per heavy atom. The second kappa shape index (κ2) is 8.20. The van der Waals surface area contributed by atoms with Gasteiger partial charge in [0.15, 0.2) is 11.3 Å². The average Bonchev–Trinajstić information content (AvgIpc) is 3.42. The van der Waals surface area contributed by atoms with Crippen molar-refractivity contribution >= 4 is 41.6 Å². The maximum Gasteiger partial charge on any atom is 0.341 e. The fraction of sp³-hybridized carbons (Fsp3) is 0.350. The number of halogens is 1. The summed E-state index contributed by atoms with van der Waals surface area (Å²) in [4.78, 5) is 45.1. The number of fused-ring (bicyclic) bond motifs is 1. The van der Waals surface area contributed by atoms with Gasteiger partial charge in [-0.2, -0.15) is 5.10 Å². The SMILES string of the molecule is CC(=O)Nc1cnn(C2CN(C3=C(F)C=C4C(=O)C(C(=O)O)=CN(C5N=CNS5)C4N3C)C2)c1. The topological polar surface area (TPSA) is 135 Å². The summed E-state index contributed by atoms with van der Waals surface area (Å²) in [5.41, 5.74) is -0.344.